The van der Waals surface area contributed by atoms with Crippen LogP contribution < -0.4 is 15.4 Å². The molecule has 14 heteroatoms. The van der Waals surface area contributed by atoms with Gasteiger partial charge in [-0.2, -0.15) is 8.42 Å². The summed E-state index contributed by atoms with van der Waals surface area (Å²) in [5.41, 5.74) is 3.86. The molecule has 0 aliphatic carbocycles. The standard InChI is InChI=1S/C32H25ClFN7O3S2/c1-19(39-30(46(42)43)13-22-7-2-3-10-35-22)32-41-28(17-45-32)26-14-24-27(15-36-26)37-18-38-31(24)40-23-8-9-29(25(33)12-23)44-16-20-5-4-6-21(34)11-20/h2-12,14-15,17-19,39H,13,16H2,1H3,(H,37,38,40). The van der Waals surface area contributed by atoms with Gasteiger partial charge in [0.05, 0.1) is 34.2 Å². The highest BCUT2D eigenvalue weighted by Gasteiger charge is 2.17. The van der Waals surface area contributed by atoms with Gasteiger partial charge in [-0.3, -0.25) is 15.3 Å². The summed E-state index contributed by atoms with van der Waals surface area (Å²) in [4.78, 5) is 22.4. The van der Waals surface area contributed by atoms with Gasteiger partial charge in [0, 0.05) is 34.8 Å². The van der Waals surface area contributed by atoms with E-state index in [9.17, 15) is 12.8 Å². The van der Waals surface area contributed by atoms with E-state index in [0.717, 1.165) is 0 Å². The Balaban J connectivity index is 1.18. The molecule has 10 nitrogen and oxygen atoms in total. The third-order valence-corrected chi connectivity index (χ3v) is 8.79. The summed E-state index contributed by atoms with van der Waals surface area (Å²) in [6.07, 6.45) is 4.86. The van der Waals surface area contributed by atoms with Gasteiger partial charge in [0.25, 0.3) is 0 Å². The summed E-state index contributed by atoms with van der Waals surface area (Å²) >= 11 is 7.90. The molecule has 1 atom stereocenters. The molecule has 1 unspecified atom stereocenters. The van der Waals surface area contributed by atoms with Gasteiger partial charge in [0.2, 0.25) is 10.3 Å². The van der Waals surface area contributed by atoms with Crippen LogP contribution in [0.25, 0.3) is 22.3 Å². The number of hydrogen-bond acceptors (Lipinski definition) is 10. The lowest BCUT2D eigenvalue weighted by Gasteiger charge is -2.12. The van der Waals surface area contributed by atoms with E-state index in [1.807, 2.05) is 24.4 Å². The number of aromatic nitrogens is 5. The SMILES string of the molecule is CC(NC(Cc1ccccn1)=S(=O)=O)c1nc(-c2cc3c(Nc4ccc(OCc5cccc(F)c5)c(Cl)c4)ncnc3cn2)cs1. The largest absolute Gasteiger partial charge is 0.487 e. The summed E-state index contributed by atoms with van der Waals surface area (Å²) < 4.78 is 43.1. The van der Waals surface area contributed by atoms with Crippen LogP contribution in [0.2, 0.25) is 5.02 Å². The lowest BCUT2D eigenvalue weighted by atomic mass is 10.2. The highest BCUT2D eigenvalue weighted by molar-refractivity contribution is 7.72. The molecule has 232 valence electrons. The van der Waals surface area contributed by atoms with Gasteiger partial charge in [-0.05, 0) is 61.0 Å². The number of ether oxygens (including phenoxy) is 1. The second-order valence-electron chi connectivity index (χ2n) is 10.1. The molecular formula is C32H25ClFN7O3S2. The molecule has 0 aliphatic heterocycles. The zero-order valence-electron chi connectivity index (χ0n) is 24.2. The van der Waals surface area contributed by atoms with Crippen LogP contribution in [0, 0.1) is 5.82 Å². The first-order valence-electron chi connectivity index (χ1n) is 13.9. The van der Waals surface area contributed by atoms with Crippen LogP contribution in [0.5, 0.6) is 5.75 Å². The predicted octanol–water partition coefficient (Wildman–Crippen LogP) is 6.56. The van der Waals surface area contributed by atoms with Crippen LogP contribution in [-0.2, 0) is 23.3 Å². The number of thiazole rings is 1. The average Bonchev–Trinajstić information content (AvgIpc) is 3.55. The van der Waals surface area contributed by atoms with Crippen molar-refractivity contribution in [2.75, 3.05) is 5.32 Å². The molecule has 4 heterocycles. The normalized spacial score (nSPS) is 11.7. The molecule has 4 aromatic heterocycles. The van der Waals surface area contributed by atoms with Gasteiger partial charge in [-0.25, -0.2) is 19.3 Å². The van der Waals surface area contributed by atoms with Crippen molar-refractivity contribution < 1.29 is 17.5 Å². The molecule has 6 aromatic rings. The molecule has 0 spiro atoms. The summed E-state index contributed by atoms with van der Waals surface area (Å²) in [7, 11) is -2.44. The number of pyridine rings is 2. The van der Waals surface area contributed by atoms with Crippen molar-refractivity contribution in [1.82, 2.24) is 30.2 Å². The van der Waals surface area contributed by atoms with Crippen LogP contribution in [-0.4, -0.2) is 38.3 Å². The molecule has 6 rings (SSSR count). The summed E-state index contributed by atoms with van der Waals surface area (Å²) in [5, 5.41) is 10.0. The fraction of sp³-hybridized carbons (Fsp3) is 0.125. The van der Waals surface area contributed by atoms with E-state index < -0.39 is 10.3 Å². The summed E-state index contributed by atoms with van der Waals surface area (Å²) in [5.74, 6) is 0.667. The number of halogens is 2. The number of anilines is 2. The number of nitrogens with zero attached hydrogens (tertiary/aromatic N) is 5. The van der Waals surface area contributed by atoms with Crippen molar-refractivity contribution in [3.05, 3.63) is 118 Å². The van der Waals surface area contributed by atoms with Crippen LogP contribution in [0.3, 0.4) is 0 Å². The Kier molecular flexibility index (Phi) is 9.54. The minimum Gasteiger partial charge on any atom is -0.487 e. The van der Waals surface area contributed by atoms with E-state index >= 15 is 0 Å². The van der Waals surface area contributed by atoms with E-state index in [2.05, 4.69) is 30.6 Å². The van der Waals surface area contributed by atoms with E-state index in [0.29, 0.717) is 60.8 Å². The molecule has 2 N–H and O–H groups in total. The molecule has 0 bridgehead atoms. The zero-order valence-corrected chi connectivity index (χ0v) is 26.6. The van der Waals surface area contributed by atoms with Crippen molar-refractivity contribution >= 4 is 60.6 Å². The van der Waals surface area contributed by atoms with E-state index in [4.69, 9.17) is 21.3 Å². The lowest BCUT2D eigenvalue weighted by molar-refractivity contribution is 0.306. The molecule has 0 aliphatic rings. The number of benzene rings is 2. The maximum absolute atomic E-state index is 13.5. The molecule has 0 radical (unpaired) electrons. The third kappa shape index (κ3) is 7.51. The van der Waals surface area contributed by atoms with Crippen molar-refractivity contribution in [3.8, 4) is 17.1 Å². The Hall–Kier alpha value is -4.82. The molecule has 0 saturated carbocycles. The Morgan fingerprint density at radius 1 is 1.02 bits per heavy atom. The maximum atomic E-state index is 13.5. The second kappa shape index (κ2) is 14.1. The van der Waals surface area contributed by atoms with Crippen molar-refractivity contribution in [1.29, 1.82) is 0 Å². The van der Waals surface area contributed by atoms with Gasteiger partial charge < -0.3 is 10.1 Å². The highest BCUT2D eigenvalue weighted by atomic mass is 35.5. The van der Waals surface area contributed by atoms with Crippen LogP contribution in [0.1, 0.15) is 29.2 Å². The van der Waals surface area contributed by atoms with Gasteiger partial charge in [-0.1, -0.05) is 29.8 Å². The molecular weight excluding hydrogens is 649 g/mol. The van der Waals surface area contributed by atoms with Crippen LogP contribution in [0.15, 0.2) is 90.8 Å². The Labute approximate surface area is 273 Å². The lowest BCUT2D eigenvalue weighted by Crippen LogP contribution is -2.29. The maximum Gasteiger partial charge on any atom is 0.228 e. The van der Waals surface area contributed by atoms with E-state index in [-0.39, 0.29) is 29.9 Å². The van der Waals surface area contributed by atoms with E-state index in [1.165, 1.54) is 29.8 Å². The smallest absolute Gasteiger partial charge is 0.228 e. The quantitative estimate of drug-likeness (QED) is 0.154. The van der Waals surface area contributed by atoms with Crippen molar-refractivity contribution in [3.63, 3.8) is 0 Å². The number of nitrogens with one attached hydrogen (secondary N) is 2. The van der Waals surface area contributed by atoms with E-state index in [1.54, 1.807) is 54.9 Å². The summed E-state index contributed by atoms with van der Waals surface area (Å²) in [6.45, 7) is 2.02. The molecule has 0 amide bonds. The topological polar surface area (TPSA) is 132 Å². The zero-order chi connectivity index (χ0) is 32.0. The predicted molar refractivity (Wildman–Crippen MR) is 177 cm³/mol. The average molecular weight is 674 g/mol. The van der Waals surface area contributed by atoms with Gasteiger partial charge in [0.15, 0.2) is 0 Å². The van der Waals surface area contributed by atoms with Crippen LogP contribution in [0.4, 0.5) is 15.9 Å². The minimum absolute atomic E-state index is 0.130. The first-order valence-corrected chi connectivity index (χ1v) is 16.3. The minimum atomic E-state index is -2.44. The van der Waals surface area contributed by atoms with Crippen LogP contribution >= 0.6 is 22.9 Å². The molecule has 0 fully saturated rings. The number of hydrogen-bond donors (Lipinski definition) is 2. The van der Waals surface area contributed by atoms with Gasteiger partial charge in [-0.15, -0.1) is 11.3 Å². The molecule has 46 heavy (non-hydrogen) atoms. The first-order chi connectivity index (χ1) is 22.3. The fourth-order valence-electron chi connectivity index (χ4n) is 4.55. The van der Waals surface area contributed by atoms with Gasteiger partial charge in [0.1, 0.15) is 40.3 Å². The summed E-state index contributed by atoms with van der Waals surface area (Å²) in [6, 6.07) is 18.3. The second-order valence-corrected chi connectivity index (χ2v) is 12.3. The molecule has 0 saturated heterocycles. The number of rotatable bonds is 10. The molecule has 2 aromatic carbocycles. The monoisotopic (exact) mass is 673 g/mol. The Morgan fingerprint density at radius 2 is 1.91 bits per heavy atom. The first kappa shape index (κ1) is 31.2. The van der Waals surface area contributed by atoms with Crippen molar-refractivity contribution in [2.24, 2.45) is 0 Å². The van der Waals surface area contributed by atoms with Crippen molar-refractivity contribution in [2.45, 2.75) is 26.0 Å². The highest BCUT2D eigenvalue weighted by Crippen LogP contribution is 2.32. The Morgan fingerprint density at radius 3 is 2.70 bits per heavy atom. The number of fused-ring (bicyclic) bond motifs is 1. The third-order valence-electron chi connectivity index (χ3n) is 6.80. The van der Waals surface area contributed by atoms with Gasteiger partial charge >= 0.3 is 0 Å². The Bertz CT molecular complexity index is 2160. The fourth-order valence-corrected chi connectivity index (χ4v) is 6.15.